The van der Waals surface area contributed by atoms with E-state index in [2.05, 4.69) is 16.2 Å². The highest BCUT2D eigenvalue weighted by Gasteiger charge is 2.14. The zero-order valence-electron chi connectivity index (χ0n) is 12.5. The van der Waals surface area contributed by atoms with Crippen LogP contribution in [0.1, 0.15) is 30.3 Å². The predicted molar refractivity (Wildman–Crippen MR) is 77.9 cm³/mol. The Kier molecular flexibility index (Phi) is 5.73. The van der Waals surface area contributed by atoms with Crippen LogP contribution in [0.25, 0.3) is 6.08 Å². The highest BCUT2D eigenvalue weighted by Crippen LogP contribution is 2.19. The molecule has 1 heterocycles. The molecule has 0 aliphatic carbocycles. The molecule has 0 aliphatic rings. The van der Waals surface area contributed by atoms with Crippen molar-refractivity contribution in [3.05, 3.63) is 28.6 Å². The van der Waals surface area contributed by atoms with Crippen LogP contribution in [0.5, 0.6) is 0 Å². The van der Waals surface area contributed by atoms with Gasteiger partial charge in [-0.25, -0.2) is 4.79 Å². The number of primary amides is 1. The fourth-order valence-electron chi connectivity index (χ4n) is 2.05. The first-order chi connectivity index (χ1) is 9.90. The molecular formula is C15H19N3O3. The van der Waals surface area contributed by atoms with Gasteiger partial charge in [0.1, 0.15) is 11.6 Å². The van der Waals surface area contributed by atoms with Crippen LogP contribution in [0.2, 0.25) is 0 Å². The van der Waals surface area contributed by atoms with Gasteiger partial charge in [0.15, 0.2) is 6.61 Å². The summed E-state index contributed by atoms with van der Waals surface area (Å²) in [6, 6.07) is 3.69. The van der Waals surface area contributed by atoms with Crippen molar-refractivity contribution in [2.45, 2.75) is 33.7 Å². The third-order valence-corrected chi connectivity index (χ3v) is 3.05. The molecule has 1 rings (SSSR count). The Hall–Kier alpha value is -2.55. The molecule has 0 bridgehead atoms. The first kappa shape index (κ1) is 16.5. The van der Waals surface area contributed by atoms with E-state index >= 15 is 0 Å². The molecule has 6 nitrogen and oxygen atoms in total. The molecule has 112 valence electrons. The molecule has 0 unspecified atom stereocenters. The number of ether oxygens (including phenoxy) is 1. The fraction of sp³-hybridized carbons (Fsp3) is 0.400. The quantitative estimate of drug-likeness (QED) is 0.487. The standard InChI is InChI=1S/C15H19N3O3/c1-4-5-18-10(2)6-12(11(18)3)7-13(8-16)15(20)21-9-14(17)19/h6-7H,4-5,9H2,1-3H3,(H2,17,19). The normalized spacial score (nSPS) is 11.0. The molecule has 0 aromatic carbocycles. The largest absolute Gasteiger partial charge is 0.451 e. The van der Waals surface area contributed by atoms with Crippen molar-refractivity contribution in [3.8, 4) is 6.07 Å². The van der Waals surface area contributed by atoms with E-state index in [9.17, 15) is 9.59 Å². The summed E-state index contributed by atoms with van der Waals surface area (Å²) in [6.07, 6.45) is 2.46. The number of esters is 1. The van der Waals surface area contributed by atoms with Gasteiger partial charge in [-0.2, -0.15) is 5.26 Å². The van der Waals surface area contributed by atoms with E-state index in [1.54, 1.807) is 6.07 Å². The van der Waals surface area contributed by atoms with E-state index in [1.165, 1.54) is 6.08 Å². The number of aryl methyl sites for hydroxylation is 1. The molecule has 1 aromatic rings. The Morgan fingerprint density at radius 3 is 2.67 bits per heavy atom. The van der Waals surface area contributed by atoms with Gasteiger partial charge in [0.05, 0.1) is 0 Å². The molecule has 2 N–H and O–H groups in total. The highest BCUT2D eigenvalue weighted by atomic mass is 16.5. The van der Waals surface area contributed by atoms with E-state index < -0.39 is 18.5 Å². The lowest BCUT2D eigenvalue weighted by molar-refractivity contribution is -0.143. The highest BCUT2D eigenvalue weighted by molar-refractivity contribution is 5.98. The van der Waals surface area contributed by atoms with E-state index in [-0.39, 0.29) is 5.57 Å². The van der Waals surface area contributed by atoms with Gasteiger partial charge in [0.2, 0.25) is 0 Å². The van der Waals surface area contributed by atoms with Gasteiger partial charge in [-0.15, -0.1) is 0 Å². The number of carbonyl (C=O) groups excluding carboxylic acids is 2. The second kappa shape index (κ2) is 7.29. The van der Waals surface area contributed by atoms with Crippen molar-refractivity contribution in [2.75, 3.05) is 6.61 Å². The predicted octanol–water partition coefficient (Wildman–Crippen LogP) is 1.45. The number of nitrogens with zero attached hydrogens (tertiary/aromatic N) is 2. The van der Waals surface area contributed by atoms with Crippen LogP contribution in [0.3, 0.4) is 0 Å². The summed E-state index contributed by atoms with van der Waals surface area (Å²) in [5.74, 6) is -1.61. The summed E-state index contributed by atoms with van der Waals surface area (Å²) >= 11 is 0. The minimum Gasteiger partial charge on any atom is -0.451 e. The molecule has 1 aromatic heterocycles. The Bertz CT molecular complexity index is 621. The van der Waals surface area contributed by atoms with Crippen molar-refractivity contribution in [3.63, 3.8) is 0 Å². The molecule has 0 atom stereocenters. The summed E-state index contributed by atoms with van der Waals surface area (Å²) in [7, 11) is 0. The van der Waals surface area contributed by atoms with Gasteiger partial charge >= 0.3 is 5.97 Å². The van der Waals surface area contributed by atoms with E-state index in [0.717, 1.165) is 29.9 Å². The zero-order valence-corrected chi connectivity index (χ0v) is 12.5. The van der Waals surface area contributed by atoms with Gasteiger partial charge in [0, 0.05) is 17.9 Å². The second-order valence-electron chi connectivity index (χ2n) is 4.69. The first-order valence-corrected chi connectivity index (χ1v) is 6.64. The van der Waals surface area contributed by atoms with Gasteiger partial charge in [-0.3, -0.25) is 4.79 Å². The molecule has 0 saturated heterocycles. The Morgan fingerprint density at radius 1 is 1.48 bits per heavy atom. The number of hydrogen-bond acceptors (Lipinski definition) is 4. The lowest BCUT2D eigenvalue weighted by Crippen LogP contribution is -2.21. The SMILES string of the molecule is CCCn1c(C)cc(C=C(C#N)C(=O)OCC(N)=O)c1C. The maximum Gasteiger partial charge on any atom is 0.349 e. The number of carbonyl (C=O) groups is 2. The van der Waals surface area contributed by atoms with E-state index in [4.69, 9.17) is 11.0 Å². The minimum absolute atomic E-state index is 0.159. The third-order valence-electron chi connectivity index (χ3n) is 3.05. The number of nitrogens with two attached hydrogens (primary N) is 1. The molecule has 0 spiro atoms. The lowest BCUT2D eigenvalue weighted by atomic mass is 10.1. The number of rotatable bonds is 6. The van der Waals surface area contributed by atoms with Crippen LogP contribution in [-0.2, 0) is 20.9 Å². The molecule has 0 saturated carbocycles. The molecule has 0 fully saturated rings. The molecule has 0 aliphatic heterocycles. The molecule has 21 heavy (non-hydrogen) atoms. The molecular weight excluding hydrogens is 270 g/mol. The summed E-state index contributed by atoms with van der Waals surface area (Å²) in [4.78, 5) is 22.3. The van der Waals surface area contributed by atoms with Crippen molar-refractivity contribution < 1.29 is 14.3 Å². The molecule has 6 heteroatoms. The smallest absolute Gasteiger partial charge is 0.349 e. The Morgan fingerprint density at radius 2 is 2.14 bits per heavy atom. The van der Waals surface area contributed by atoms with Crippen molar-refractivity contribution >= 4 is 18.0 Å². The average Bonchev–Trinajstić information content (AvgIpc) is 2.70. The lowest BCUT2D eigenvalue weighted by Gasteiger charge is -2.07. The average molecular weight is 289 g/mol. The number of amides is 1. The second-order valence-corrected chi connectivity index (χ2v) is 4.69. The summed E-state index contributed by atoms with van der Waals surface area (Å²) in [5, 5.41) is 9.05. The van der Waals surface area contributed by atoms with Gasteiger partial charge in [-0.1, -0.05) is 6.92 Å². The Balaban J connectivity index is 3.04. The Labute approximate surface area is 123 Å². The minimum atomic E-state index is -0.850. The number of hydrogen-bond donors (Lipinski definition) is 1. The van der Waals surface area contributed by atoms with Crippen LogP contribution >= 0.6 is 0 Å². The first-order valence-electron chi connectivity index (χ1n) is 6.64. The molecule has 0 radical (unpaired) electrons. The molecule has 1 amide bonds. The van der Waals surface area contributed by atoms with Crippen molar-refractivity contribution in [2.24, 2.45) is 5.73 Å². The summed E-state index contributed by atoms with van der Waals surface area (Å²) in [5.41, 5.74) is 7.56. The number of aromatic nitrogens is 1. The summed E-state index contributed by atoms with van der Waals surface area (Å²) in [6.45, 7) is 6.32. The van der Waals surface area contributed by atoms with Crippen LogP contribution in [0, 0.1) is 25.2 Å². The van der Waals surface area contributed by atoms with Crippen LogP contribution in [0.15, 0.2) is 11.6 Å². The fourth-order valence-corrected chi connectivity index (χ4v) is 2.05. The zero-order chi connectivity index (χ0) is 16.0. The summed E-state index contributed by atoms with van der Waals surface area (Å²) < 4.78 is 6.76. The van der Waals surface area contributed by atoms with E-state index in [0.29, 0.717) is 0 Å². The third kappa shape index (κ3) is 4.21. The van der Waals surface area contributed by atoms with Crippen molar-refractivity contribution in [1.82, 2.24) is 4.57 Å². The van der Waals surface area contributed by atoms with Crippen LogP contribution in [-0.4, -0.2) is 23.1 Å². The van der Waals surface area contributed by atoms with Gasteiger partial charge in [0.25, 0.3) is 5.91 Å². The van der Waals surface area contributed by atoms with E-state index in [1.807, 2.05) is 19.9 Å². The maximum atomic E-state index is 11.7. The number of nitriles is 1. The van der Waals surface area contributed by atoms with Crippen molar-refractivity contribution in [1.29, 1.82) is 5.26 Å². The monoisotopic (exact) mass is 289 g/mol. The van der Waals surface area contributed by atoms with Gasteiger partial charge in [-0.05, 0) is 38.0 Å². The van der Waals surface area contributed by atoms with Crippen LogP contribution < -0.4 is 5.73 Å². The van der Waals surface area contributed by atoms with Crippen LogP contribution in [0.4, 0.5) is 0 Å². The maximum absolute atomic E-state index is 11.7. The van der Waals surface area contributed by atoms with Gasteiger partial charge < -0.3 is 15.0 Å². The topological polar surface area (TPSA) is 98.1 Å².